The van der Waals surface area contributed by atoms with E-state index >= 15 is 0 Å². The van der Waals surface area contributed by atoms with Gasteiger partial charge in [-0.3, -0.25) is 9.89 Å². The van der Waals surface area contributed by atoms with Crippen LogP contribution in [0.4, 0.5) is 0 Å². The molecule has 7 heteroatoms. The molecular formula is C23H40N4O3. The van der Waals surface area contributed by atoms with E-state index in [1.807, 2.05) is 26.1 Å². The molecular weight excluding hydrogens is 380 g/mol. The van der Waals surface area contributed by atoms with Gasteiger partial charge in [-0.1, -0.05) is 26.0 Å². The molecule has 2 atom stereocenters. The average molecular weight is 421 g/mol. The quantitative estimate of drug-likeness (QED) is 0.424. The monoisotopic (exact) mass is 420 g/mol. The molecule has 1 aliphatic rings. The van der Waals surface area contributed by atoms with E-state index in [1.54, 1.807) is 7.11 Å². The Balaban J connectivity index is 1.95. The normalized spacial score (nSPS) is 17.6. The van der Waals surface area contributed by atoms with E-state index in [4.69, 9.17) is 14.2 Å². The molecule has 2 rings (SSSR count). The van der Waals surface area contributed by atoms with Crippen LogP contribution in [0.15, 0.2) is 29.3 Å². The smallest absolute Gasteiger partial charge is 0.191 e. The molecule has 2 N–H and O–H groups in total. The molecule has 0 radical (unpaired) electrons. The highest BCUT2D eigenvalue weighted by molar-refractivity contribution is 5.79. The first-order valence-corrected chi connectivity index (χ1v) is 11.1. The van der Waals surface area contributed by atoms with Crippen LogP contribution in [0.3, 0.4) is 0 Å². The van der Waals surface area contributed by atoms with Gasteiger partial charge in [-0.25, -0.2) is 0 Å². The maximum Gasteiger partial charge on any atom is 0.191 e. The van der Waals surface area contributed by atoms with Crippen molar-refractivity contribution >= 4 is 5.96 Å². The Bertz CT molecular complexity index is 615. The third-order valence-electron chi connectivity index (χ3n) is 5.52. The molecule has 0 saturated carbocycles. The van der Waals surface area contributed by atoms with Gasteiger partial charge in [-0.15, -0.1) is 0 Å². The van der Waals surface area contributed by atoms with Crippen molar-refractivity contribution in [1.82, 2.24) is 15.5 Å². The first kappa shape index (κ1) is 24.4. The highest BCUT2D eigenvalue weighted by Gasteiger charge is 2.23. The van der Waals surface area contributed by atoms with Gasteiger partial charge in [0, 0.05) is 39.8 Å². The summed E-state index contributed by atoms with van der Waals surface area (Å²) in [6, 6.07) is 8.58. The summed E-state index contributed by atoms with van der Waals surface area (Å²) in [5.41, 5.74) is 1.26. The summed E-state index contributed by atoms with van der Waals surface area (Å²) in [7, 11) is 3.51. The number of guanidine groups is 1. The molecule has 2 unspecified atom stereocenters. The third kappa shape index (κ3) is 7.78. The second-order valence-corrected chi connectivity index (χ2v) is 7.84. The SMILES string of the molecule is CCOC(CCNC(=NC)NCC(c1ccc(OC)cc1)N1CCOCC1)C(C)C. The number of methoxy groups -OCH3 is 1. The van der Waals surface area contributed by atoms with Crippen LogP contribution in [-0.4, -0.2) is 77.1 Å². The van der Waals surface area contributed by atoms with Crippen molar-refractivity contribution in [3.8, 4) is 5.75 Å². The van der Waals surface area contributed by atoms with Crippen molar-refractivity contribution in [3.63, 3.8) is 0 Å². The van der Waals surface area contributed by atoms with Gasteiger partial charge in [0.2, 0.25) is 0 Å². The van der Waals surface area contributed by atoms with Crippen LogP contribution in [-0.2, 0) is 9.47 Å². The molecule has 1 saturated heterocycles. The first-order chi connectivity index (χ1) is 14.6. The number of hydrogen-bond acceptors (Lipinski definition) is 5. The molecule has 0 aromatic heterocycles. The van der Waals surface area contributed by atoms with E-state index in [2.05, 4.69) is 46.5 Å². The highest BCUT2D eigenvalue weighted by atomic mass is 16.5. The number of morpholine rings is 1. The van der Waals surface area contributed by atoms with Crippen LogP contribution in [0.2, 0.25) is 0 Å². The number of benzene rings is 1. The van der Waals surface area contributed by atoms with Gasteiger partial charge in [0.05, 0.1) is 32.5 Å². The maximum atomic E-state index is 5.84. The topological polar surface area (TPSA) is 67.3 Å². The number of aliphatic imine (C=N–C) groups is 1. The Kier molecular flexibility index (Phi) is 11.0. The summed E-state index contributed by atoms with van der Waals surface area (Å²) in [6.45, 7) is 12.2. The van der Waals surface area contributed by atoms with E-state index in [0.29, 0.717) is 5.92 Å². The van der Waals surface area contributed by atoms with Gasteiger partial charge in [0.15, 0.2) is 5.96 Å². The minimum atomic E-state index is 0.241. The molecule has 1 aliphatic heterocycles. The van der Waals surface area contributed by atoms with Crippen LogP contribution in [0, 0.1) is 5.92 Å². The van der Waals surface area contributed by atoms with Crippen molar-refractivity contribution in [2.24, 2.45) is 10.9 Å². The Morgan fingerprint density at radius 2 is 1.87 bits per heavy atom. The highest BCUT2D eigenvalue weighted by Crippen LogP contribution is 2.23. The van der Waals surface area contributed by atoms with Crippen molar-refractivity contribution < 1.29 is 14.2 Å². The standard InChI is InChI=1S/C23H40N4O3/c1-6-30-22(18(2)3)11-12-25-23(24-4)26-17-21(27-13-15-29-16-14-27)19-7-9-20(28-5)10-8-19/h7-10,18,21-22H,6,11-17H2,1-5H3,(H2,24,25,26). The molecule has 1 aromatic carbocycles. The largest absolute Gasteiger partial charge is 0.497 e. The van der Waals surface area contributed by atoms with Crippen LogP contribution < -0.4 is 15.4 Å². The van der Waals surface area contributed by atoms with Gasteiger partial charge in [0.25, 0.3) is 0 Å². The number of ether oxygens (including phenoxy) is 3. The predicted molar refractivity (Wildman–Crippen MR) is 122 cm³/mol. The lowest BCUT2D eigenvalue weighted by Crippen LogP contribution is -2.46. The van der Waals surface area contributed by atoms with Crippen LogP contribution in [0.25, 0.3) is 0 Å². The van der Waals surface area contributed by atoms with E-state index in [-0.39, 0.29) is 12.1 Å². The zero-order chi connectivity index (χ0) is 21.8. The van der Waals surface area contributed by atoms with Crippen molar-refractivity contribution in [2.45, 2.75) is 39.3 Å². The van der Waals surface area contributed by atoms with Gasteiger partial charge in [-0.05, 0) is 37.0 Å². The van der Waals surface area contributed by atoms with Crippen molar-refractivity contribution in [2.75, 3.05) is 60.2 Å². The second kappa shape index (κ2) is 13.5. The lowest BCUT2D eigenvalue weighted by Gasteiger charge is -2.35. The van der Waals surface area contributed by atoms with Crippen LogP contribution in [0.1, 0.15) is 38.8 Å². The lowest BCUT2D eigenvalue weighted by atomic mass is 10.0. The third-order valence-corrected chi connectivity index (χ3v) is 5.52. The average Bonchev–Trinajstić information content (AvgIpc) is 2.78. The fourth-order valence-corrected chi connectivity index (χ4v) is 3.74. The molecule has 7 nitrogen and oxygen atoms in total. The van der Waals surface area contributed by atoms with Gasteiger partial charge >= 0.3 is 0 Å². The summed E-state index contributed by atoms with van der Waals surface area (Å²) < 4.78 is 16.7. The molecule has 0 bridgehead atoms. The van der Waals surface area contributed by atoms with Crippen LogP contribution in [0.5, 0.6) is 5.75 Å². The second-order valence-electron chi connectivity index (χ2n) is 7.84. The zero-order valence-electron chi connectivity index (χ0n) is 19.3. The van der Waals surface area contributed by atoms with Crippen molar-refractivity contribution in [3.05, 3.63) is 29.8 Å². The van der Waals surface area contributed by atoms with Gasteiger partial charge in [-0.2, -0.15) is 0 Å². The summed E-state index contributed by atoms with van der Waals surface area (Å²) in [5.74, 6) is 2.20. The molecule has 30 heavy (non-hydrogen) atoms. The Labute approximate surface area is 182 Å². The Hall–Kier alpha value is -1.83. The number of nitrogens with zero attached hydrogens (tertiary/aromatic N) is 2. The maximum absolute atomic E-state index is 5.84. The zero-order valence-corrected chi connectivity index (χ0v) is 19.3. The summed E-state index contributed by atoms with van der Waals surface area (Å²) >= 11 is 0. The minimum absolute atomic E-state index is 0.241. The van der Waals surface area contributed by atoms with Gasteiger partial charge in [0.1, 0.15) is 5.75 Å². The Morgan fingerprint density at radius 1 is 1.17 bits per heavy atom. The fraction of sp³-hybridized carbons (Fsp3) is 0.696. The van der Waals surface area contributed by atoms with E-state index in [0.717, 1.165) is 64.1 Å². The molecule has 170 valence electrons. The molecule has 0 amide bonds. The summed E-state index contributed by atoms with van der Waals surface area (Å²) in [5, 5.41) is 6.95. The van der Waals surface area contributed by atoms with Crippen LogP contribution >= 0.6 is 0 Å². The molecule has 0 spiro atoms. The minimum Gasteiger partial charge on any atom is -0.497 e. The molecule has 1 heterocycles. The lowest BCUT2D eigenvalue weighted by molar-refractivity contribution is 0.0169. The number of nitrogens with one attached hydrogen (secondary N) is 2. The fourth-order valence-electron chi connectivity index (χ4n) is 3.74. The van der Waals surface area contributed by atoms with Gasteiger partial charge < -0.3 is 24.8 Å². The number of rotatable bonds is 11. The summed E-state index contributed by atoms with van der Waals surface area (Å²) in [6.07, 6.45) is 1.22. The van der Waals surface area contributed by atoms with Crippen molar-refractivity contribution in [1.29, 1.82) is 0 Å². The number of hydrogen-bond donors (Lipinski definition) is 2. The summed E-state index contributed by atoms with van der Waals surface area (Å²) in [4.78, 5) is 6.87. The molecule has 1 aromatic rings. The molecule has 0 aliphatic carbocycles. The van der Waals surface area contributed by atoms with E-state index < -0.39 is 0 Å². The van der Waals surface area contributed by atoms with E-state index in [9.17, 15) is 0 Å². The Morgan fingerprint density at radius 3 is 2.43 bits per heavy atom. The predicted octanol–water partition coefficient (Wildman–Crippen LogP) is 2.68. The molecule has 1 fully saturated rings. The first-order valence-electron chi connectivity index (χ1n) is 11.1. The van der Waals surface area contributed by atoms with E-state index in [1.165, 1.54) is 5.56 Å².